The maximum absolute atomic E-state index is 10.2. The van der Waals surface area contributed by atoms with Gasteiger partial charge in [0.25, 0.3) is 20.2 Å². The van der Waals surface area contributed by atoms with Gasteiger partial charge in [0, 0.05) is 0 Å². The molecule has 0 aliphatic rings. The van der Waals surface area contributed by atoms with E-state index in [-0.39, 0.29) is 18.5 Å². The van der Waals surface area contributed by atoms with Gasteiger partial charge in [-0.05, 0) is 6.92 Å². The molecule has 1 atom stereocenters. The molecule has 0 aromatic rings. The van der Waals surface area contributed by atoms with Crippen LogP contribution in [0.5, 0.6) is 0 Å². The highest BCUT2D eigenvalue weighted by atomic mass is 32.2. The monoisotopic (exact) mass is 334 g/mol. The van der Waals surface area contributed by atoms with Crippen LogP contribution in [-0.4, -0.2) is 55.5 Å². The molecular weight excluding hydrogens is 316 g/mol. The largest absolute Gasteiger partial charge is 0.370 e. The van der Waals surface area contributed by atoms with Crippen LogP contribution in [0.2, 0.25) is 0 Å². The summed E-state index contributed by atoms with van der Waals surface area (Å²) in [4.78, 5) is 6.53. The molecule has 14 heteroatoms. The van der Waals surface area contributed by atoms with Crippen molar-refractivity contribution >= 4 is 32.2 Å². The van der Waals surface area contributed by atoms with E-state index < -0.39 is 31.4 Å². The van der Waals surface area contributed by atoms with Gasteiger partial charge in [0.05, 0.1) is 12.3 Å². The smallest absolute Gasteiger partial charge is 0.288 e. The van der Waals surface area contributed by atoms with Crippen LogP contribution in [0.3, 0.4) is 0 Å². The van der Waals surface area contributed by atoms with Crippen molar-refractivity contribution in [2.24, 2.45) is 32.9 Å². The molecule has 0 saturated heterocycles. The normalized spacial score (nSPS) is 12.6. The van der Waals surface area contributed by atoms with E-state index in [0.717, 1.165) is 6.92 Å². The number of hydrogen-bond donors (Lipinski definition) is 6. The molecule has 0 fully saturated rings. The highest BCUT2D eigenvalue weighted by molar-refractivity contribution is 7.86. The molecule has 0 aliphatic carbocycles. The molecule has 12 nitrogen and oxygen atoms in total. The second-order valence-electron chi connectivity index (χ2n) is 3.26. The van der Waals surface area contributed by atoms with Crippen LogP contribution in [0, 0.1) is 0 Å². The van der Waals surface area contributed by atoms with Gasteiger partial charge in [0.15, 0.2) is 17.3 Å². The zero-order valence-corrected chi connectivity index (χ0v) is 12.2. The number of rotatable bonds is 5. The van der Waals surface area contributed by atoms with Crippen molar-refractivity contribution in [2.45, 2.75) is 12.3 Å². The van der Waals surface area contributed by atoms with Crippen LogP contribution in [0.15, 0.2) is 9.98 Å². The minimum Gasteiger partial charge on any atom is -0.370 e. The molecule has 0 aromatic carbocycles. The first kappa shape index (κ1) is 20.7. The Morgan fingerprint density at radius 2 is 1.50 bits per heavy atom. The topological polar surface area (TPSA) is 238 Å². The Morgan fingerprint density at radius 1 is 1.05 bits per heavy atom. The van der Waals surface area contributed by atoms with Crippen molar-refractivity contribution in [3.63, 3.8) is 0 Å². The third kappa shape index (κ3) is 16.4. The van der Waals surface area contributed by atoms with E-state index in [0.29, 0.717) is 0 Å². The number of nitrogens with two attached hydrogens (primary N) is 4. The van der Waals surface area contributed by atoms with Gasteiger partial charge in [0.1, 0.15) is 0 Å². The summed E-state index contributed by atoms with van der Waals surface area (Å²) in [5.41, 5.74) is 19.4. The molecule has 0 spiro atoms. The number of hydrogen-bond acceptors (Lipinski definition) is 6. The van der Waals surface area contributed by atoms with E-state index in [1.165, 1.54) is 0 Å². The summed E-state index contributed by atoms with van der Waals surface area (Å²) in [5, 5.41) is -1.29. The fourth-order valence-corrected chi connectivity index (χ4v) is 1.14. The third-order valence-electron chi connectivity index (χ3n) is 1.41. The molecule has 0 amide bonds. The second kappa shape index (κ2) is 8.51. The lowest BCUT2D eigenvalue weighted by molar-refractivity contribution is 0.471. The van der Waals surface area contributed by atoms with Crippen LogP contribution < -0.4 is 22.9 Å². The van der Waals surface area contributed by atoms with Gasteiger partial charge in [-0.2, -0.15) is 16.8 Å². The standard InChI is InChI=1S/2C3H9N3O3S/c1-2(6-3(4)5)10(7,8)9;4-3(5)6-1-2-10(7,8)9/h2H,1H3,(H4,4,5,6)(H,7,8,9);1-2H2,(H4,4,5,6)(H,7,8,9). The van der Waals surface area contributed by atoms with Crippen LogP contribution in [-0.2, 0) is 20.2 Å². The molecule has 0 aromatic heterocycles. The van der Waals surface area contributed by atoms with Crippen LogP contribution in [0.4, 0.5) is 0 Å². The molecule has 20 heavy (non-hydrogen) atoms. The molecule has 0 rings (SSSR count). The van der Waals surface area contributed by atoms with E-state index in [9.17, 15) is 16.8 Å². The van der Waals surface area contributed by atoms with Crippen molar-refractivity contribution in [3.05, 3.63) is 0 Å². The molecular formula is C6H18N6O6S2. The fraction of sp³-hybridized carbons (Fsp3) is 0.667. The van der Waals surface area contributed by atoms with Gasteiger partial charge in [-0.15, -0.1) is 0 Å². The first-order valence-electron chi connectivity index (χ1n) is 4.81. The van der Waals surface area contributed by atoms with Crippen molar-refractivity contribution < 1.29 is 25.9 Å². The predicted octanol–water partition coefficient (Wildman–Crippen LogP) is -3.36. The van der Waals surface area contributed by atoms with Gasteiger partial charge in [0.2, 0.25) is 0 Å². The quantitative estimate of drug-likeness (QED) is 0.166. The van der Waals surface area contributed by atoms with E-state index in [2.05, 4.69) is 9.98 Å². The molecule has 120 valence electrons. The van der Waals surface area contributed by atoms with Crippen LogP contribution in [0.25, 0.3) is 0 Å². The average Bonchev–Trinajstić information content (AvgIpc) is 2.12. The van der Waals surface area contributed by atoms with Gasteiger partial charge >= 0.3 is 0 Å². The minimum atomic E-state index is -4.15. The molecule has 1 unspecified atom stereocenters. The minimum absolute atomic E-state index is 0.110. The lowest BCUT2D eigenvalue weighted by Crippen LogP contribution is -2.27. The number of nitrogens with zero attached hydrogens (tertiary/aromatic N) is 2. The fourth-order valence-electron chi connectivity index (χ4n) is 0.567. The Balaban J connectivity index is 0. The van der Waals surface area contributed by atoms with Crippen LogP contribution in [0.1, 0.15) is 6.92 Å². The molecule has 0 aliphatic heterocycles. The first-order chi connectivity index (χ1) is 8.75. The molecule has 0 bridgehead atoms. The summed E-state index contributed by atoms with van der Waals surface area (Å²) < 4.78 is 56.9. The maximum atomic E-state index is 10.2. The van der Waals surface area contributed by atoms with Crippen molar-refractivity contribution in [1.82, 2.24) is 0 Å². The second-order valence-corrected chi connectivity index (χ2v) is 6.55. The Morgan fingerprint density at radius 3 is 1.70 bits per heavy atom. The SMILES string of the molecule is CC(N=C(N)N)S(=O)(=O)O.NC(N)=NCCS(=O)(=O)O. The zero-order valence-electron chi connectivity index (χ0n) is 10.5. The Kier molecular flexibility index (Phi) is 8.80. The predicted molar refractivity (Wildman–Crippen MR) is 73.9 cm³/mol. The van der Waals surface area contributed by atoms with Crippen molar-refractivity contribution in [1.29, 1.82) is 0 Å². The lowest BCUT2D eigenvalue weighted by Gasteiger charge is -2.00. The zero-order chi connectivity index (χ0) is 16.6. The first-order valence-corrected chi connectivity index (χ1v) is 7.92. The van der Waals surface area contributed by atoms with Crippen LogP contribution >= 0.6 is 0 Å². The van der Waals surface area contributed by atoms with Crippen molar-refractivity contribution in [2.75, 3.05) is 12.3 Å². The Hall–Kier alpha value is -1.64. The molecule has 10 N–H and O–H groups in total. The summed E-state index contributed by atoms with van der Waals surface area (Å²) >= 11 is 0. The van der Waals surface area contributed by atoms with E-state index in [4.69, 9.17) is 32.0 Å². The summed E-state index contributed by atoms with van der Waals surface area (Å²) in [6, 6.07) is 0. The van der Waals surface area contributed by atoms with E-state index >= 15 is 0 Å². The summed E-state index contributed by atoms with van der Waals surface area (Å²) in [6.45, 7) is 1.05. The summed E-state index contributed by atoms with van der Waals surface area (Å²) in [6.07, 6.45) is 0. The summed E-state index contributed by atoms with van der Waals surface area (Å²) in [7, 11) is -8.08. The maximum Gasteiger partial charge on any atom is 0.288 e. The average molecular weight is 334 g/mol. The van der Waals surface area contributed by atoms with Gasteiger partial charge in [-0.1, -0.05) is 0 Å². The highest BCUT2D eigenvalue weighted by Gasteiger charge is 2.15. The number of guanidine groups is 2. The lowest BCUT2D eigenvalue weighted by atomic mass is 10.8. The van der Waals surface area contributed by atoms with E-state index in [1.54, 1.807) is 0 Å². The Bertz CT molecular complexity index is 544. The van der Waals surface area contributed by atoms with E-state index in [1.807, 2.05) is 0 Å². The number of aliphatic imine (C=N–C) groups is 2. The van der Waals surface area contributed by atoms with Gasteiger partial charge < -0.3 is 22.9 Å². The third-order valence-corrected chi connectivity index (χ3v) is 3.07. The Labute approximate surface area is 116 Å². The molecule has 0 saturated carbocycles. The van der Waals surface area contributed by atoms with Crippen molar-refractivity contribution in [3.8, 4) is 0 Å². The molecule has 0 heterocycles. The van der Waals surface area contributed by atoms with Gasteiger partial charge in [-0.3, -0.25) is 14.1 Å². The molecule has 0 radical (unpaired) electrons. The van der Waals surface area contributed by atoms with Gasteiger partial charge in [-0.25, -0.2) is 4.99 Å². The summed E-state index contributed by atoms with van der Waals surface area (Å²) in [5.74, 6) is -1.01. The highest BCUT2D eigenvalue weighted by Crippen LogP contribution is 1.96.